The SMILES string of the molecule is O=C(CC(=O)Nc1ccccc1)NN=Cc1cc(Br)ccc1OCc1ccccc1Cl. The van der Waals surface area contributed by atoms with Crippen molar-refractivity contribution < 1.29 is 14.3 Å². The molecule has 0 spiro atoms. The second-order valence-corrected chi connectivity index (χ2v) is 7.77. The quantitative estimate of drug-likeness (QED) is 0.255. The number of carbonyl (C=O) groups excluding carboxylic acids is 2. The summed E-state index contributed by atoms with van der Waals surface area (Å²) in [6, 6.07) is 21.8. The molecule has 0 radical (unpaired) electrons. The second kappa shape index (κ2) is 11.3. The standard InChI is InChI=1S/C23H19BrClN3O3/c24-18-10-11-21(31-15-16-6-4-5-9-20(16)25)17(12-18)14-26-28-23(30)13-22(29)27-19-7-2-1-3-8-19/h1-12,14H,13,15H2,(H,27,29)(H,28,30). The predicted octanol–water partition coefficient (Wildman–Crippen LogP) is 5.16. The van der Waals surface area contributed by atoms with Gasteiger partial charge in [0.1, 0.15) is 18.8 Å². The van der Waals surface area contributed by atoms with Crippen LogP contribution in [-0.4, -0.2) is 18.0 Å². The van der Waals surface area contributed by atoms with Crippen molar-refractivity contribution >= 4 is 51.2 Å². The molecule has 0 atom stereocenters. The van der Waals surface area contributed by atoms with Crippen LogP contribution in [0.3, 0.4) is 0 Å². The van der Waals surface area contributed by atoms with Crippen LogP contribution in [-0.2, 0) is 16.2 Å². The molecule has 3 aromatic carbocycles. The van der Waals surface area contributed by atoms with E-state index in [1.165, 1.54) is 6.21 Å². The second-order valence-electron chi connectivity index (χ2n) is 6.45. The van der Waals surface area contributed by atoms with Crippen molar-refractivity contribution in [3.05, 3.63) is 93.4 Å². The average Bonchev–Trinajstić information content (AvgIpc) is 2.75. The van der Waals surface area contributed by atoms with Gasteiger partial charge in [-0.2, -0.15) is 5.10 Å². The number of hydrogen-bond donors (Lipinski definition) is 2. The number of hydrogen-bond acceptors (Lipinski definition) is 4. The van der Waals surface area contributed by atoms with Crippen molar-refractivity contribution in [3.63, 3.8) is 0 Å². The molecule has 0 heterocycles. The lowest BCUT2D eigenvalue weighted by molar-refractivity contribution is -0.126. The number of hydrazone groups is 1. The summed E-state index contributed by atoms with van der Waals surface area (Å²) in [5.74, 6) is -0.383. The zero-order chi connectivity index (χ0) is 22.1. The van der Waals surface area contributed by atoms with Crippen LogP contribution in [0.4, 0.5) is 5.69 Å². The summed E-state index contributed by atoms with van der Waals surface area (Å²) >= 11 is 9.58. The lowest BCUT2D eigenvalue weighted by atomic mass is 10.2. The Balaban J connectivity index is 1.57. The maximum atomic E-state index is 12.0. The molecule has 8 heteroatoms. The van der Waals surface area contributed by atoms with Crippen LogP contribution in [0.2, 0.25) is 5.02 Å². The zero-order valence-electron chi connectivity index (χ0n) is 16.3. The molecule has 2 amide bonds. The third kappa shape index (κ3) is 7.24. The molecule has 0 bridgehead atoms. The van der Waals surface area contributed by atoms with Gasteiger partial charge in [-0.05, 0) is 36.4 Å². The maximum Gasteiger partial charge on any atom is 0.249 e. The summed E-state index contributed by atoms with van der Waals surface area (Å²) in [6.45, 7) is 0.286. The first-order valence-electron chi connectivity index (χ1n) is 9.34. The summed E-state index contributed by atoms with van der Waals surface area (Å²) in [6.07, 6.45) is 1.11. The first-order chi connectivity index (χ1) is 15.0. The van der Waals surface area contributed by atoms with Crippen molar-refractivity contribution in [2.24, 2.45) is 5.10 Å². The molecule has 3 rings (SSSR count). The number of halogens is 2. The predicted molar refractivity (Wildman–Crippen MR) is 125 cm³/mol. The molecular formula is C23H19BrClN3O3. The number of benzene rings is 3. The van der Waals surface area contributed by atoms with Crippen molar-refractivity contribution in [2.45, 2.75) is 13.0 Å². The highest BCUT2D eigenvalue weighted by Crippen LogP contribution is 2.24. The van der Waals surface area contributed by atoms with Crippen LogP contribution >= 0.6 is 27.5 Å². The van der Waals surface area contributed by atoms with Crippen LogP contribution in [0, 0.1) is 0 Å². The van der Waals surface area contributed by atoms with Gasteiger partial charge in [0.2, 0.25) is 11.8 Å². The van der Waals surface area contributed by atoms with E-state index in [2.05, 4.69) is 31.8 Å². The van der Waals surface area contributed by atoms with E-state index in [4.69, 9.17) is 16.3 Å². The molecule has 158 valence electrons. The molecule has 31 heavy (non-hydrogen) atoms. The first kappa shape index (κ1) is 22.5. The topological polar surface area (TPSA) is 79.8 Å². The number of nitrogens with one attached hydrogen (secondary N) is 2. The number of anilines is 1. The molecule has 0 aromatic heterocycles. The molecule has 0 aliphatic rings. The number of carbonyl (C=O) groups is 2. The Bertz CT molecular complexity index is 1090. The van der Waals surface area contributed by atoms with Gasteiger partial charge in [0, 0.05) is 26.3 Å². The van der Waals surface area contributed by atoms with Crippen LogP contribution in [0.15, 0.2) is 82.4 Å². The monoisotopic (exact) mass is 499 g/mol. The van der Waals surface area contributed by atoms with Crippen molar-refractivity contribution in [3.8, 4) is 5.75 Å². The fourth-order valence-corrected chi connectivity index (χ4v) is 3.18. The van der Waals surface area contributed by atoms with Gasteiger partial charge in [0.05, 0.1) is 6.21 Å². The third-order valence-corrected chi connectivity index (χ3v) is 4.95. The van der Waals surface area contributed by atoms with Crippen LogP contribution in [0.5, 0.6) is 5.75 Å². The van der Waals surface area contributed by atoms with Gasteiger partial charge in [-0.15, -0.1) is 0 Å². The molecule has 0 fully saturated rings. The highest BCUT2D eigenvalue weighted by molar-refractivity contribution is 9.10. The van der Waals surface area contributed by atoms with E-state index in [9.17, 15) is 9.59 Å². The Labute approximate surface area is 193 Å². The summed E-state index contributed by atoms with van der Waals surface area (Å²) in [5, 5.41) is 7.21. The Morgan fingerprint density at radius 2 is 1.74 bits per heavy atom. The average molecular weight is 501 g/mol. The van der Waals surface area contributed by atoms with Crippen LogP contribution in [0.1, 0.15) is 17.5 Å². The molecule has 0 aliphatic heterocycles. The molecule has 0 aliphatic carbocycles. The molecule has 0 saturated carbocycles. The van der Waals surface area contributed by atoms with E-state index in [0.717, 1.165) is 10.0 Å². The van der Waals surface area contributed by atoms with Crippen molar-refractivity contribution in [1.82, 2.24) is 5.43 Å². The minimum absolute atomic E-state index is 0.286. The Morgan fingerprint density at radius 3 is 2.52 bits per heavy atom. The summed E-state index contributed by atoms with van der Waals surface area (Å²) in [7, 11) is 0. The Kier molecular flexibility index (Phi) is 8.20. The molecule has 2 N–H and O–H groups in total. The minimum atomic E-state index is -0.529. The Morgan fingerprint density at radius 1 is 1.00 bits per heavy atom. The lowest BCUT2D eigenvalue weighted by Crippen LogP contribution is -2.24. The van der Waals surface area contributed by atoms with Crippen LogP contribution < -0.4 is 15.5 Å². The van der Waals surface area contributed by atoms with Gasteiger partial charge in [0.15, 0.2) is 0 Å². The Hall–Kier alpha value is -3.16. The molecule has 6 nitrogen and oxygen atoms in total. The van der Waals surface area contributed by atoms with E-state index < -0.39 is 11.8 Å². The first-order valence-corrected chi connectivity index (χ1v) is 10.5. The number of rotatable bonds is 8. The van der Waals surface area contributed by atoms with Crippen molar-refractivity contribution in [2.75, 3.05) is 5.32 Å². The lowest BCUT2D eigenvalue weighted by Gasteiger charge is -2.10. The van der Waals surface area contributed by atoms with Gasteiger partial charge >= 0.3 is 0 Å². The number of amides is 2. The smallest absolute Gasteiger partial charge is 0.249 e. The van der Waals surface area contributed by atoms with Gasteiger partial charge in [-0.25, -0.2) is 5.43 Å². The summed E-state index contributed by atoms with van der Waals surface area (Å²) < 4.78 is 6.70. The minimum Gasteiger partial charge on any atom is -0.488 e. The van der Waals surface area contributed by atoms with E-state index in [1.54, 1.807) is 42.5 Å². The van der Waals surface area contributed by atoms with E-state index in [1.807, 2.05) is 30.3 Å². The molecule has 0 unspecified atom stereocenters. The zero-order valence-corrected chi connectivity index (χ0v) is 18.7. The summed E-state index contributed by atoms with van der Waals surface area (Å²) in [4.78, 5) is 23.9. The van der Waals surface area contributed by atoms with Gasteiger partial charge in [0.25, 0.3) is 0 Å². The summed E-state index contributed by atoms with van der Waals surface area (Å²) in [5.41, 5.74) is 4.48. The molecular weight excluding hydrogens is 482 g/mol. The molecule has 0 saturated heterocycles. The number of para-hydroxylation sites is 1. The highest BCUT2D eigenvalue weighted by atomic mass is 79.9. The maximum absolute atomic E-state index is 12.0. The number of nitrogens with zero attached hydrogens (tertiary/aromatic N) is 1. The van der Waals surface area contributed by atoms with Gasteiger partial charge < -0.3 is 10.1 Å². The number of ether oxygens (including phenoxy) is 1. The van der Waals surface area contributed by atoms with Gasteiger partial charge in [-0.3, -0.25) is 9.59 Å². The largest absolute Gasteiger partial charge is 0.488 e. The highest BCUT2D eigenvalue weighted by Gasteiger charge is 2.09. The van der Waals surface area contributed by atoms with E-state index in [-0.39, 0.29) is 13.0 Å². The van der Waals surface area contributed by atoms with Crippen molar-refractivity contribution in [1.29, 1.82) is 0 Å². The van der Waals surface area contributed by atoms with Gasteiger partial charge in [-0.1, -0.05) is 63.9 Å². The molecule has 3 aromatic rings. The van der Waals surface area contributed by atoms with E-state index in [0.29, 0.717) is 22.0 Å². The fourth-order valence-electron chi connectivity index (χ4n) is 2.61. The normalized spacial score (nSPS) is 10.6. The van der Waals surface area contributed by atoms with Crippen LogP contribution in [0.25, 0.3) is 0 Å². The van der Waals surface area contributed by atoms with E-state index >= 15 is 0 Å². The fraction of sp³-hybridized carbons (Fsp3) is 0.0870. The third-order valence-electron chi connectivity index (χ3n) is 4.08.